The summed E-state index contributed by atoms with van der Waals surface area (Å²) < 4.78 is 5.12. The fourth-order valence-electron chi connectivity index (χ4n) is 2.99. The van der Waals surface area contributed by atoms with Crippen LogP contribution in [0.25, 0.3) is 0 Å². The van der Waals surface area contributed by atoms with Crippen LogP contribution in [0, 0.1) is 11.3 Å². The number of ether oxygens (including phenoxy) is 1. The first-order valence-corrected chi connectivity index (χ1v) is 7.26. The summed E-state index contributed by atoms with van der Waals surface area (Å²) in [6.45, 7) is 1.71. The summed E-state index contributed by atoms with van der Waals surface area (Å²) in [7, 11) is 1.65. The van der Waals surface area contributed by atoms with Crippen LogP contribution < -0.4 is 10.1 Å². The average Bonchev–Trinajstić information content (AvgIpc) is 3.30. The number of rotatable bonds is 7. The third kappa shape index (κ3) is 2.93. The highest BCUT2D eigenvalue weighted by atomic mass is 16.5. The monoisotopic (exact) mass is 261 g/mol. The number of aliphatic hydroxyl groups is 1. The molecule has 2 saturated carbocycles. The number of benzene rings is 1. The Kier molecular flexibility index (Phi) is 3.50. The minimum absolute atomic E-state index is 0.430. The second-order valence-corrected chi connectivity index (χ2v) is 6.06. The van der Waals surface area contributed by atoms with E-state index >= 15 is 0 Å². The van der Waals surface area contributed by atoms with Gasteiger partial charge < -0.3 is 15.2 Å². The van der Waals surface area contributed by atoms with E-state index in [-0.39, 0.29) is 0 Å². The van der Waals surface area contributed by atoms with Crippen molar-refractivity contribution in [3.05, 3.63) is 29.8 Å². The molecule has 0 radical (unpaired) electrons. The van der Waals surface area contributed by atoms with Gasteiger partial charge in [-0.1, -0.05) is 12.1 Å². The van der Waals surface area contributed by atoms with Crippen LogP contribution in [-0.4, -0.2) is 25.3 Å². The van der Waals surface area contributed by atoms with Crippen LogP contribution in [0.2, 0.25) is 0 Å². The lowest BCUT2D eigenvalue weighted by molar-refractivity contribution is 0.171. The van der Waals surface area contributed by atoms with Crippen molar-refractivity contribution >= 4 is 0 Å². The zero-order valence-corrected chi connectivity index (χ0v) is 11.6. The Hall–Kier alpha value is -1.06. The topological polar surface area (TPSA) is 41.5 Å². The number of hydrogen-bond acceptors (Lipinski definition) is 3. The van der Waals surface area contributed by atoms with Crippen molar-refractivity contribution in [3.63, 3.8) is 0 Å². The lowest BCUT2D eigenvalue weighted by atomic mass is 10.0. The van der Waals surface area contributed by atoms with Crippen molar-refractivity contribution in [3.8, 4) is 5.75 Å². The van der Waals surface area contributed by atoms with Gasteiger partial charge in [-0.2, -0.15) is 0 Å². The van der Waals surface area contributed by atoms with Gasteiger partial charge in [-0.05, 0) is 54.7 Å². The molecule has 1 aromatic carbocycles. The molecule has 19 heavy (non-hydrogen) atoms. The standard InChI is InChI=1S/C16H23NO2/c1-19-14-6-2-12(3-7-14)15(18)10-17-11-16(8-9-16)13-4-5-13/h2-3,6-7,13,15,17-18H,4-5,8-11H2,1H3. The lowest BCUT2D eigenvalue weighted by Crippen LogP contribution is -2.29. The molecule has 3 rings (SSSR count). The van der Waals surface area contributed by atoms with Crippen molar-refractivity contribution in [2.75, 3.05) is 20.2 Å². The fraction of sp³-hybridized carbons (Fsp3) is 0.625. The fourth-order valence-corrected chi connectivity index (χ4v) is 2.99. The smallest absolute Gasteiger partial charge is 0.118 e. The number of aliphatic hydroxyl groups excluding tert-OH is 1. The summed E-state index contributed by atoms with van der Waals surface area (Å²) >= 11 is 0. The van der Waals surface area contributed by atoms with Crippen LogP contribution in [0.15, 0.2) is 24.3 Å². The molecular weight excluding hydrogens is 238 g/mol. The molecule has 2 aliphatic rings. The van der Waals surface area contributed by atoms with E-state index < -0.39 is 6.10 Å². The van der Waals surface area contributed by atoms with Gasteiger partial charge in [-0.3, -0.25) is 0 Å². The molecule has 2 fully saturated rings. The van der Waals surface area contributed by atoms with E-state index in [4.69, 9.17) is 4.74 Å². The van der Waals surface area contributed by atoms with Gasteiger partial charge in [-0.15, -0.1) is 0 Å². The summed E-state index contributed by atoms with van der Waals surface area (Å²) in [6, 6.07) is 7.65. The minimum Gasteiger partial charge on any atom is -0.497 e. The van der Waals surface area contributed by atoms with E-state index in [0.29, 0.717) is 12.0 Å². The molecule has 0 saturated heterocycles. The molecule has 3 nitrogen and oxygen atoms in total. The largest absolute Gasteiger partial charge is 0.497 e. The maximum Gasteiger partial charge on any atom is 0.118 e. The van der Waals surface area contributed by atoms with Crippen molar-refractivity contribution in [1.82, 2.24) is 5.32 Å². The Balaban J connectivity index is 1.46. The summed E-state index contributed by atoms with van der Waals surface area (Å²) in [5.41, 5.74) is 1.55. The van der Waals surface area contributed by atoms with Crippen molar-refractivity contribution in [2.45, 2.75) is 31.8 Å². The van der Waals surface area contributed by atoms with Crippen LogP contribution in [0.5, 0.6) is 5.75 Å². The van der Waals surface area contributed by atoms with E-state index in [0.717, 1.165) is 23.8 Å². The molecule has 0 amide bonds. The van der Waals surface area contributed by atoms with Crippen molar-refractivity contribution < 1.29 is 9.84 Å². The number of nitrogens with one attached hydrogen (secondary N) is 1. The van der Waals surface area contributed by atoms with Crippen LogP contribution >= 0.6 is 0 Å². The Morgan fingerprint density at radius 2 is 2.00 bits per heavy atom. The van der Waals surface area contributed by atoms with Gasteiger partial charge >= 0.3 is 0 Å². The first-order valence-electron chi connectivity index (χ1n) is 7.26. The van der Waals surface area contributed by atoms with Crippen LogP contribution in [0.3, 0.4) is 0 Å². The molecule has 0 spiro atoms. The van der Waals surface area contributed by atoms with Crippen molar-refractivity contribution in [2.24, 2.45) is 11.3 Å². The number of methoxy groups -OCH3 is 1. The second-order valence-electron chi connectivity index (χ2n) is 6.06. The summed E-state index contributed by atoms with van der Waals surface area (Å²) in [5, 5.41) is 13.6. The third-order valence-electron chi connectivity index (χ3n) is 4.65. The molecule has 3 heteroatoms. The first-order chi connectivity index (χ1) is 9.23. The van der Waals surface area contributed by atoms with Crippen molar-refractivity contribution in [1.29, 1.82) is 0 Å². The van der Waals surface area contributed by atoms with Gasteiger partial charge in [0.15, 0.2) is 0 Å². The Morgan fingerprint density at radius 3 is 2.53 bits per heavy atom. The molecule has 2 N–H and O–H groups in total. The highest BCUT2D eigenvalue weighted by Crippen LogP contribution is 2.60. The molecular formula is C16H23NO2. The highest BCUT2D eigenvalue weighted by Gasteiger charge is 2.53. The van der Waals surface area contributed by atoms with Gasteiger partial charge in [0.25, 0.3) is 0 Å². The molecule has 104 valence electrons. The van der Waals surface area contributed by atoms with Gasteiger partial charge in [0.2, 0.25) is 0 Å². The van der Waals surface area contributed by atoms with Crippen LogP contribution in [-0.2, 0) is 0 Å². The Labute approximate surface area is 115 Å². The van der Waals surface area contributed by atoms with Gasteiger partial charge in [0.05, 0.1) is 13.2 Å². The predicted molar refractivity (Wildman–Crippen MR) is 75.2 cm³/mol. The molecule has 0 aromatic heterocycles. The van der Waals surface area contributed by atoms with E-state index in [2.05, 4.69) is 5.32 Å². The lowest BCUT2D eigenvalue weighted by Gasteiger charge is -2.17. The average molecular weight is 261 g/mol. The normalized spacial score (nSPS) is 22.0. The molecule has 0 heterocycles. The maximum atomic E-state index is 10.2. The zero-order chi connectivity index (χ0) is 13.3. The van der Waals surface area contributed by atoms with Gasteiger partial charge in [0.1, 0.15) is 5.75 Å². The molecule has 1 unspecified atom stereocenters. The van der Waals surface area contributed by atoms with E-state index in [1.54, 1.807) is 7.11 Å². The maximum absolute atomic E-state index is 10.2. The highest BCUT2D eigenvalue weighted by molar-refractivity contribution is 5.28. The quantitative estimate of drug-likeness (QED) is 0.792. The van der Waals surface area contributed by atoms with Crippen LogP contribution in [0.4, 0.5) is 0 Å². The zero-order valence-electron chi connectivity index (χ0n) is 11.6. The molecule has 2 aliphatic carbocycles. The second kappa shape index (κ2) is 5.14. The molecule has 0 aliphatic heterocycles. The van der Waals surface area contributed by atoms with Gasteiger partial charge in [0, 0.05) is 13.1 Å². The van der Waals surface area contributed by atoms with E-state index in [9.17, 15) is 5.11 Å². The number of hydrogen-bond donors (Lipinski definition) is 2. The Bertz CT molecular complexity index is 421. The molecule has 1 atom stereocenters. The minimum atomic E-state index is -0.430. The summed E-state index contributed by atoms with van der Waals surface area (Å²) in [6.07, 6.45) is 5.17. The molecule has 0 bridgehead atoms. The van der Waals surface area contributed by atoms with Crippen LogP contribution in [0.1, 0.15) is 37.4 Å². The van der Waals surface area contributed by atoms with E-state index in [1.807, 2.05) is 24.3 Å². The Morgan fingerprint density at radius 1 is 1.32 bits per heavy atom. The van der Waals surface area contributed by atoms with Gasteiger partial charge in [-0.25, -0.2) is 0 Å². The summed E-state index contributed by atoms with van der Waals surface area (Å²) in [5.74, 6) is 1.80. The predicted octanol–water partition coefficient (Wildman–Crippen LogP) is 2.51. The molecule has 1 aromatic rings. The SMILES string of the molecule is COc1ccc(C(O)CNCC2(C3CC3)CC2)cc1. The summed E-state index contributed by atoms with van der Waals surface area (Å²) in [4.78, 5) is 0. The first kappa shape index (κ1) is 12.9. The van der Waals surface area contributed by atoms with E-state index in [1.165, 1.54) is 25.7 Å². The third-order valence-corrected chi connectivity index (χ3v) is 4.65.